The van der Waals surface area contributed by atoms with E-state index in [9.17, 15) is 19.8 Å². The Balaban J connectivity index is 1.59. The summed E-state index contributed by atoms with van der Waals surface area (Å²) < 4.78 is 24.7. The molecule has 0 bridgehead atoms. The van der Waals surface area contributed by atoms with Crippen molar-refractivity contribution in [2.24, 2.45) is 11.8 Å². The fraction of sp³-hybridized carbons (Fsp3) is 0.571. The third-order valence-corrected chi connectivity index (χ3v) is 9.16. The molecule has 1 aromatic carbocycles. The van der Waals surface area contributed by atoms with Gasteiger partial charge in [0.05, 0.1) is 17.3 Å². The quantitative estimate of drug-likeness (QED) is 0.487. The minimum atomic E-state index is -1.40. The van der Waals surface area contributed by atoms with Gasteiger partial charge in [0.1, 0.15) is 40.4 Å². The van der Waals surface area contributed by atoms with Gasteiger partial charge in [-0.2, -0.15) is 0 Å². The number of benzene rings is 1. The molecule has 6 rings (SSSR count). The lowest BCUT2D eigenvalue weighted by atomic mass is 9.66. The number of aliphatic hydroxyl groups excluding tert-OH is 1. The standard InChI is InChI=1S/C28H32O8/c1-11(2)15(30)10-28-20-13(27(6,7)36-28)8-16-19(24(20)35-25(28)32)22(31)18-14(29)9-17-21(23(18)34-16)26(4,5)12(3)33-17/h9,12-13,15,20,24,29-30H,1,8,10H2,2-7H3/t12?,13-,15+,20-,24+,28-/m1/s1. The molecule has 1 aromatic heterocycles. The Bertz CT molecular complexity index is 1420. The average molecular weight is 497 g/mol. The van der Waals surface area contributed by atoms with Crippen LogP contribution >= 0.6 is 0 Å². The molecule has 0 spiro atoms. The van der Waals surface area contributed by atoms with Crippen molar-refractivity contribution in [2.45, 2.75) is 89.3 Å². The number of phenolic OH excluding ortho intramolecular Hbond substituents is 1. The van der Waals surface area contributed by atoms with E-state index < -0.39 is 46.1 Å². The molecule has 1 unspecified atom stereocenters. The Labute approximate surface area is 208 Å². The number of ether oxygens (including phenoxy) is 3. The highest BCUT2D eigenvalue weighted by molar-refractivity contribution is 5.91. The fourth-order valence-corrected chi connectivity index (χ4v) is 6.89. The van der Waals surface area contributed by atoms with Crippen LogP contribution in [-0.2, 0) is 26.1 Å². The maximum Gasteiger partial charge on any atom is 0.339 e. The van der Waals surface area contributed by atoms with Gasteiger partial charge in [0.15, 0.2) is 5.60 Å². The zero-order valence-electron chi connectivity index (χ0n) is 21.4. The highest BCUT2D eigenvalue weighted by Gasteiger charge is 2.72. The maximum absolute atomic E-state index is 14.0. The molecule has 192 valence electrons. The molecule has 0 saturated carbocycles. The number of phenols is 1. The van der Waals surface area contributed by atoms with E-state index >= 15 is 0 Å². The molecule has 36 heavy (non-hydrogen) atoms. The summed E-state index contributed by atoms with van der Waals surface area (Å²) in [5, 5.41) is 21.6. The third kappa shape index (κ3) is 2.72. The second kappa shape index (κ2) is 6.92. The number of fused-ring (bicyclic) bond motifs is 5. The summed E-state index contributed by atoms with van der Waals surface area (Å²) >= 11 is 0. The van der Waals surface area contributed by atoms with Gasteiger partial charge >= 0.3 is 5.97 Å². The van der Waals surface area contributed by atoms with E-state index in [-0.39, 0.29) is 35.1 Å². The van der Waals surface area contributed by atoms with Gasteiger partial charge in [-0.15, -0.1) is 0 Å². The molecule has 2 aromatic rings. The molecule has 4 heterocycles. The fourth-order valence-electron chi connectivity index (χ4n) is 6.89. The molecular formula is C28H32O8. The Hall–Kier alpha value is -2.84. The predicted molar refractivity (Wildman–Crippen MR) is 130 cm³/mol. The van der Waals surface area contributed by atoms with Crippen molar-refractivity contribution in [1.82, 2.24) is 0 Å². The smallest absolute Gasteiger partial charge is 0.339 e. The molecule has 0 amide bonds. The first kappa shape index (κ1) is 23.6. The van der Waals surface area contributed by atoms with E-state index in [0.29, 0.717) is 29.1 Å². The van der Waals surface area contributed by atoms with Gasteiger partial charge in [0, 0.05) is 41.7 Å². The van der Waals surface area contributed by atoms with Gasteiger partial charge in [-0.3, -0.25) is 4.79 Å². The summed E-state index contributed by atoms with van der Waals surface area (Å²) in [6.07, 6.45) is -1.68. The van der Waals surface area contributed by atoms with E-state index in [0.717, 1.165) is 5.56 Å². The molecular weight excluding hydrogens is 464 g/mol. The molecule has 0 radical (unpaired) electrons. The molecule has 1 aliphatic carbocycles. The average Bonchev–Trinajstić information content (AvgIpc) is 3.25. The second-order valence-corrected chi connectivity index (χ2v) is 12.0. The van der Waals surface area contributed by atoms with Crippen LogP contribution in [0.1, 0.15) is 71.0 Å². The molecule has 8 nitrogen and oxygen atoms in total. The highest BCUT2D eigenvalue weighted by Crippen LogP contribution is 2.63. The number of hydrogen-bond acceptors (Lipinski definition) is 8. The molecule has 3 aliphatic heterocycles. The maximum atomic E-state index is 14.0. The van der Waals surface area contributed by atoms with E-state index in [1.165, 1.54) is 6.07 Å². The summed E-state index contributed by atoms with van der Waals surface area (Å²) in [5.74, 6) is -0.583. The van der Waals surface area contributed by atoms with Gasteiger partial charge in [-0.25, -0.2) is 4.79 Å². The SMILES string of the molecule is C=C(C)[C@@H](O)C[C@]12OC(C)(C)[C@@H]3Cc4oc5c6c(cc(O)c5c(=O)c4[C@H](OC1=O)[C@@H]32)OC(C)C6(C)C. The Morgan fingerprint density at radius 3 is 2.58 bits per heavy atom. The first-order valence-corrected chi connectivity index (χ1v) is 12.5. The number of esters is 1. The number of carbonyl (C=O) groups is 1. The monoisotopic (exact) mass is 496 g/mol. The molecule has 2 fully saturated rings. The van der Waals surface area contributed by atoms with Crippen molar-refractivity contribution in [2.75, 3.05) is 0 Å². The van der Waals surface area contributed by atoms with E-state index in [1.54, 1.807) is 6.92 Å². The zero-order valence-corrected chi connectivity index (χ0v) is 21.4. The van der Waals surface area contributed by atoms with Gasteiger partial charge in [0.25, 0.3) is 0 Å². The number of rotatable bonds is 3. The van der Waals surface area contributed by atoms with Gasteiger partial charge < -0.3 is 28.8 Å². The number of hydrogen-bond donors (Lipinski definition) is 2. The van der Waals surface area contributed by atoms with Crippen LogP contribution in [0, 0.1) is 11.8 Å². The summed E-state index contributed by atoms with van der Waals surface area (Å²) in [5.41, 5.74) is -1.19. The van der Waals surface area contributed by atoms with Crippen LogP contribution in [0.3, 0.4) is 0 Å². The number of aromatic hydroxyl groups is 1. The topological polar surface area (TPSA) is 115 Å². The summed E-state index contributed by atoms with van der Waals surface area (Å²) in [7, 11) is 0. The number of aliphatic hydroxyl groups is 1. The van der Waals surface area contributed by atoms with Gasteiger partial charge in [-0.1, -0.05) is 26.0 Å². The second-order valence-electron chi connectivity index (χ2n) is 12.0. The molecule has 4 aliphatic rings. The summed E-state index contributed by atoms with van der Waals surface area (Å²) in [4.78, 5) is 27.4. The van der Waals surface area contributed by atoms with Crippen LogP contribution < -0.4 is 10.2 Å². The first-order valence-electron chi connectivity index (χ1n) is 12.5. The van der Waals surface area contributed by atoms with E-state index in [2.05, 4.69) is 6.58 Å². The molecule has 2 saturated heterocycles. The van der Waals surface area contributed by atoms with Crippen molar-refractivity contribution < 1.29 is 33.6 Å². The van der Waals surface area contributed by atoms with Crippen molar-refractivity contribution >= 4 is 16.9 Å². The number of carbonyl (C=O) groups excluding carboxylic acids is 1. The lowest BCUT2D eigenvalue weighted by Gasteiger charge is -2.35. The van der Waals surface area contributed by atoms with Crippen LogP contribution in [0.15, 0.2) is 27.4 Å². The summed E-state index contributed by atoms with van der Waals surface area (Å²) in [6, 6.07) is 1.47. The lowest BCUT2D eigenvalue weighted by molar-refractivity contribution is -0.173. The largest absolute Gasteiger partial charge is 0.507 e. The van der Waals surface area contributed by atoms with Gasteiger partial charge in [0.2, 0.25) is 5.43 Å². The highest BCUT2D eigenvalue weighted by atomic mass is 16.6. The molecule has 2 N–H and O–H groups in total. The van der Waals surface area contributed by atoms with Gasteiger partial charge in [-0.05, 0) is 27.7 Å². The van der Waals surface area contributed by atoms with Crippen LogP contribution in [0.2, 0.25) is 0 Å². The third-order valence-electron chi connectivity index (χ3n) is 9.16. The van der Waals surface area contributed by atoms with Crippen LogP contribution in [-0.4, -0.2) is 39.6 Å². The predicted octanol–water partition coefficient (Wildman–Crippen LogP) is 3.82. The normalized spacial score (nSPS) is 33.5. The first-order chi connectivity index (χ1) is 16.7. The van der Waals surface area contributed by atoms with Crippen LogP contribution in [0.25, 0.3) is 11.0 Å². The van der Waals surface area contributed by atoms with Crippen molar-refractivity contribution in [3.8, 4) is 11.5 Å². The van der Waals surface area contributed by atoms with Crippen molar-refractivity contribution in [3.63, 3.8) is 0 Å². The molecule has 6 atom stereocenters. The minimum absolute atomic E-state index is 0.00130. The van der Waals surface area contributed by atoms with E-state index in [1.807, 2.05) is 34.6 Å². The van der Waals surface area contributed by atoms with Crippen LogP contribution in [0.5, 0.6) is 11.5 Å². The van der Waals surface area contributed by atoms with E-state index in [4.69, 9.17) is 18.6 Å². The Morgan fingerprint density at radius 2 is 1.92 bits per heavy atom. The van der Waals surface area contributed by atoms with Crippen LogP contribution in [0.4, 0.5) is 0 Å². The Kier molecular flexibility index (Phi) is 4.53. The van der Waals surface area contributed by atoms with Crippen molar-refractivity contribution in [1.29, 1.82) is 0 Å². The summed E-state index contributed by atoms with van der Waals surface area (Å²) in [6.45, 7) is 15.3. The zero-order chi connectivity index (χ0) is 26.1. The lowest BCUT2D eigenvalue weighted by Crippen LogP contribution is -2.45. The Morgan fingerprint density at radius 1 is 1.22 bits per heavy atom. The van der Waals surface area contributed by atoms with Crippen molar-refractivity contribution in [3.05, 3.63) is 45.3 Å². The molecule has 8 heteroatoms. The minimum Gasteiger partial charge on any atom is -0.507 e.